The number of ketones is 1. The van der Waals surface area contributed by atoms with E-state index in [-0.39, 0.29) is 37.9 Å². The molecule has 2 aliphatic carbocycles. The molecule has 8 atom stereocenters. The monoisotopic (exact) mass is 516 g/mol. The van der Waals surface area contributed by atoms with Gasteiger partial charge in [0.1, 0.15) is 18.3 Å². The van der Waals surface area contributed by atoms with Crippen molar-refractivity contribution in [1.29, 1.82) is 0 Å². The van der Waals surface area contributed by atoms with Crippen molar-refractivity contribution in [3.8, 4) is 0 Å². The van der Waals surface area contributed by atoms with Crippen molar-refractivity contribution in [3.05, 3.63) is 36.0 Å². The first-order valence-electron chi connectivity index (χ1n) is 12.6. The van der Waals surface area contributed by atoms with Gasteiger partial charge in [-0.15, -0.1) is 0 Å². The molecule has 37 heavy (non-hydrogen) atoms. The predicted octanol–water partition coefficient (Wildman–Crippen LogP) is 1.35. The van der Waals surface area contributed by atoms with Gasteiger partial charge < -0.3 is 28.8 Å². The van der Waals surface area contributed by atoms with Crippen LogP contribution in [0.3, 0.4) is 0 Å². The third-order valence-corrected chi connectivity index (χ3v) is 9.04. The number of carbonyl (C=O) groups is 4. The number of allylic oxidation sites excluding steroid dienone is 3. The Morgan fingerprint density at radius 1 is 1.00 bits per heavy atom. The van der Waals surface area contributed by atoms with Crippen LogP contribution in [-0.2, 0) is 42.9 Å². The Hall–Kier alpha value is -2.82. The third kappa shape index (κ3) is 3.97. The van der Waals surface area contributed by atoms with Crippen molar-refractivity contribution in [2.45, 2.75) is 70.1 Å². The summed E-state index contributed by atoms with van der Waals surface area (Å²) in [5.74, 6) is -2.77. The first kappa shape index (κ1) is 25.8. The average Bonchev–Trinajstić information content (AvgIpc) is 3.63. The first-order valence-corrected chi connectivity index (χ1v) is 12.6. The standard InChI is InChI=1S/C27H32O10/c1-15-8-9-33-21(29)6-4-5-7-22(30)37-18-11-20-27(14-35-27)25(18,3)26(13-34-24(32)23(15)31)12-17(28)16(2)10-19(26)36-20/h4-7,10,15,18-20,23,31H,8-9,11-14H2,1-3H3/b6-4+,7-5+/t15-,18-,19-,20?,23+,25-,26-,27+/m1/s1. The summed E-state index contributed by atoms with van der Waals surface area (Å²) >= 11 is 0. The van der Waals surface area contributed by atoms with E-state index in [1.807, 2.05) is 6.92 Å². The van der Waals surface area contributed by atoms with Crippen molar-refractivity contribution in [1.82, 2.24) is 0 Å². The Kier molecular flexibility index (Phi) is 6.40. The fourth-order valence-corrected chi connectivity index (χ4v) is 6.50. The maximum absolute atomic E-state index is 13.1. The van der Waals surface area contributed by atoms with E-state index in [0.717, 1.165) is 6.08 Å². The highest BCUT2D eigenvalue weighted by Gasteiger charge is 2.83. The lowest BCUT2D eigenvalue weighted by atomic mass is 9.51. The smallest absolute Gasteiger partial charge is 0.335 e. The summed E-state index contributed by atoms with van der Waals surface area (Å²) in [5, 5.41) is 10.6. The quantitative estimate of drug-likeness (QED) is 0.285. The third-order valence-electron chi connectivity index (χ3n) is 9.04. The molecule has 5 rings (SSSR count). The van der Waals surface area contributed by atoms with Crippen molar-refractivity contribution in [2.75, 3.05) is 19.8 Å². The fourth-order valence-electron chi connectivity index (χ4n) is 6.50. The molecular weight excluding hydrogens is 484 g/mol. The van der Waals surface area contributed by atoms with Crippen LogP contribution in [0, 0.1) is 16.7 Å². The summed E-state index contributed by atoms with van der Waals surface area (Å²) < 4.78 is 29.2. The maximum atomic E-state index is 13.1. The average molecular weight is 517 g/mol. The second-order valence-corrected chi connectivity index (χ2v) is 10.9. The molecule has 3 fully saturated rings. The zero-order valence-electron chi connectivity index (χ0n) is 21.1. The number of cyclic esters (lactones) is 2. The van der Waals surface area contributed by atoms with Gasteiger partial charge in [0.25, 0.3) is 0 Å². The van der Waals surface area contributed by atoms with Gasteiger partial charge in [0.2, 0.25) is 0 Å². The minimum atomic E-state index is -1.46. The van der Waals surface area contributed by atoms with Gasteiger partial charge >= 0.3 is 17.9 Å². The van der Waals surface area contributed by atoms with Crippen molar-refractivity contribution < 1.29 is 48.0 Å². The lowest BCUT2D eigenvalue weighted by Crippen LogP contribution is -2.67. The van der Waals surface area contributed by atoms with Crippen LogP contribution >= 0.6 is 0 Å². The van der Waals surface area contributed by atoms with Crippen LogP contribution in [0.4, 0.5) is 0 Å². The van der Waals surface area contributed by atoms with Gasteiger partial charge in [0, 0.05) is 25.0 Å². The molecule has 0 aromatic carbocycles. The summed E-state index contributed by atoms with van der Waals surface area (Å²) in [6, 6.07) is 0. The van der Waals surface area contributed by atoms with Gasteiger partial charge in [-0.3, -0.25) is 4.79 Å². The highest BCUT2D eigenvalue weighted by molar-refractivity contribution is 5.96. The van der Waals surface area contributed by atoms with Gasteiger partial charge in [-0.25, -0.2) is 14.4 Å². The molecule has 1 unspecified atom stereocenters. The molecule has 0 radical (unpaired) electrons. The van der Waals surface area contributed by atoms with E-state index in [2.05, 4.69) is 0 Å². The molecule has 0 aromatic rings. The lowest BCUT2D eigenvalue weighted by molar-refractivity contribution is -0.233. The summed E-state index contributed by atoms with van der Waals surface area (Å²) in [4.78, 5) is 50.7. The molecule has 10 nitrogen and oxygen atoms in total. The van der Waals surface area contributed by atoms with E-state index < -0.39 is 58.6 Å². The molecular formula is C27H32O10. The molecule has 3 heterocycles. The molecule has 5 aliphatic rings. The van der Waals surface area contributed by atoms with Crippen LogP contribution in [0.5, 0.6) is 0 Å². The van der Waals surface area contributed by atoms with E-state index in [1.165, 1.54) is 18.2 Å². The molecule has 3 aliphatic heterocycles. The van der Waals surface area contributed by atoms with Crippen molar-refractivity contribution >= 4 is 23.7 Å². The van der Waals surface area contributed by atoms with Gasteiger partial charge in [-0.1, -0.05) is 26.0 Å². The van der Waals surface area contributed by atoms with Crippen LogP contribution in [0.15, 0.2) is 36.0 Å². The number of esters is 3. The highest BCUT2D eigenvalue weighted by Crippen LogP contribution is 2.71. The van der Waals surface area contributed by atoms with E-state index in [9.17, 15) is 24.3 Å². The van der Waals surface area contributed by atoms with Crippen LogP contribution in [-0.4, -0.2) is 78.6 Å². The summed E-state index contributed by atoms with van der Waals surface area (Å²) in [6.07, 6.45) is 4.36. The number of hydrogen-bond donors (Lipinski definition) is 1. The van der Waals surface area contributed by atoms with Crippen molar-refractivity contribution in [2.24, 2.45) is 16.7 Å². The van der Waals surface area contributed by atoms with Crippen molar-refractivity contribution in [3.63, 3.8) is 0 Å². The Balaban J connectivity index is 1.55. The SMILES string of the molecule is CC1=C[C@H]2OC3C[C@H]4OC(=O)/C=C/C=C/C(=O)OCC[C@@H](C)[C@H](O)C(=O)OC[C@@]2(CC1=O)[C@]4(C)[C@]31CO1. The van der Waals surface area contributed by atoms with Gasteiger partial charge in [0.05, 0.1) is 36.3 Å². The molecule has 0 amide bonds. The van der Waals surface area contributed by atoms with Gasteiger partial charge in [-0.05, 0) is 30.9 Å². The van der Waals surface area contributed by atoms with Crippen LogP contribution in [0.1, 0.15) is 40.0 Å². The zero-order valence-corrected chi connectivity index (χ0v) is 21.1. The van der Waals surface area contributed by atoms with Crippen LogP contribution < -0.4 is 0 Å². The molecule has 2 saturated heterocycles. The number of ether oxygens (including phenoxy) is 5. The molecule has 2 bridgehead atoms. The molecule has 2 spiro atoms. The number of Topliss-reactive ketones (excluding diaryl/α,β-unsaturated/α-hetero) is 1. The normalized spacial score (nSPS) is 45.9. The fraction of sp³-hybridized carbons (Fsp3) is 0.630. The lowest BCUT2D eigenvalue weighted by Gasteiger charge is -2.57. The van der Waals surface area contributed by atoms with Crippen LogP contribution in [0.25, 0.3) is 0 Å². The number of epoxide rings is 1. The number of aliphatic hydroxyl groups excluding tert-OH is 1. The number of rotatable bonds is 0. The number of aliphatic hydroxyl groups is 1. The Labute approximate surface area is 214 Å². The largest absolute Gasteiger partial charge is 0.463 e. The van der Waals surface area contributed by atoms with E-state index in [4.69, 9.17) is 23.7 Å². The Morgan fingerprint density at radius 2 is 1.70 bits per heavy atom. The molecule has 10 heteroatoms. The van der Waals surface area contributed by atoms with E-state index in [1.54, 1.807) is 19.9 Å². The number of carbonyl (C=O) groups excluding carboxylic acids is 4. The topological polar surface area (TPSA) is 138 Å². The molecule has 1 saturated carbocycles. The molecule has 1 N–H and O–H groups in total. The molecule has 200 valence electrons. The minimum Gasteiger partial charge on any atom is -0.463 e. The molecule has 0 aromatic heterocycles. The van der Waals surface area contributed by atoms with E-state index in [0.29, 0.717) is 18.6 Å². The number of hydrogen-bond acceptors (Lipinski definition) is 10. The second kappa shape index (κ2) is 9.18. The highest BCUT2D eigenvalue weighted by atomic mass is 16.6. The zero-order chi connectivity index (χ0) is 26.6. The summed E-state index contributed by atoms with van der Waals surface area (Å²) in [5.41, 5.74) is -2.24. The Morgan fingerprint density at radius 3 is 2.41 bits per heavy atom. The first-order chi connectivity index (χ1) is 17.5. The summed E-state index contributed by atoms with van der Waals surface area (Å²) in [6.45, 7) is 5.42. The predicted molar refractivity (Wildman–Crippen MR) is 126 cm³/mol. The summed E-state index contributed by atoms with van der Waals surface area (Å²) in [7, 11) is 0. The minimum absolute atomic E-state index is 0.00976. The van der Waals surface area contributed by atoms with E-state index >= 15 is 0 Å². The Bertz CT molecular complexity index is 1100. The second-order valence-electron chi connectivity index (χ2n) is 10.9. The van der Waals surface area contributed by atoms with Gasteiger partial charge in [0.15, 0.2) is 11.9 Å². The van der Waals surface area contributed by atoms with Crippen LogP contribution in [0.2, 0.25) is 0 Å². The van der Waals surface area contributed by atoms with Gasteiger partial charge in [-0.2, -0.15) is 0 Å². The maximum Gasteiger partial charge on any atom is 0.335 e.